The lowest BCUT2D eigenvalue weighted by Gasteiger charge is -2.18. The maximum atomic E-state index is 12.0. The van der Waals surface area contributed by atoms with Crippen molar-refractivity contribution in [1.82, 2.24) is 9.55 Å². The molecule has 0 amide bonds. The first-order valence-corrected chi connectivity index (χ1v) is 6.15. The van der Waals surface area contributed by atoms with E-state index in [0.717, 1.165) is 17.9 Å². The van der Waals surface area contributed by atoms with Crippen LogP contribution < -0.4 is 5.32 Å². The Labute approximate surface area is 112 Å². The molecule has 1 aromatic carbocycles. The Bertz CT molecular complexity index is 537. The van der Waals surface area contributed by atoms with Crippen molar-refractivity contribution in [2.45, 2.75) is 19.5 Å². The number of benzene rings is 1. The van der Waals surface area contributed by atoms with Gasteiger partial charge in [0.2, 0.25) is 0 Å². The molecule has 1 aromatic heterocycles. The van der Waals surface area contributed by atoms with Gasteiger partial charge in [-0.05, 0) is 19.1 Å². The molecule has 0 aliphatic carbocycles. The molecule has 0 spiro atoms. The summed E-state index contributed by atoms with van der Waals surface area (Å²) in [4.78, 5) is 16.0. The van der Waals surface area contributed by atoms with Crippen molar-refractivity contribution in [3.63, 3.8) is 0 Å². The van der Waals surface area contributed by atoms with Crippen LogP contribution in [0.15, 0.2) is 42.9 Å². The van der Waals surface area contributed by atoms with Crippen molar-refractivity contribution in [2.75, 3.05) is 12.4 Å². The quantitative estimate of drug-likeness (QED) is 0.837. The van der Waals surface area contributed by atoms with Gasteiger partial charge in [0.1, 0.15) is 0 Å². The van der Waals surface area contributed by atoms with Gasteiger partial charge in [-0.1, -0.05) is 18.2 Å². The van der Waals surface area contributed by atoms with Crippen LogP contribution >= 0.6 is 0 Å². The molecule has 0 radical (unpaired) electrons. The standard InChI is InChI=1S/C14H17N3O2/c1-3-17-10-15-9-12(17)13(14(18)19-2)16-11-7-5-4-6-8-11/h4-10,13,16H,3H2,1-2H3. The number of hydrogen-bond donors (Lipinski definition) is 1. The number of nitrogens with zero attached hydrogens (tertiary/aromatic N) is 2. The van der Waals surface area contributed by atoms with Crippen molar-refractivity contribution >= 4 is 11.7 Å². The third-order valence-electron chi connectivity index (χ3n) is 2.90. The van der Waals surface area contributed by atoms with E-state index < -0.39 is 6.04 Å². The van der Waals surface area contributed by atoms with E-state index in [9.17, 15) is 4.79 Å². The molecule has 0 bridgehead atoms. The van der Waals surface area contributed by atoms with Gasteiger partial charge in [-0.3, -0.25) is 0 Å². The fourth-order valence-corrected chi connectivity index (χ4v) is 1.91. The van der Waals surface area contributed by atoms with Gasteiger partial charge in [-0.15, -0.1) is 0 Å². The molecule has 1 unspecified atom stereocenters. The first-order chi connectivity index (χ1) is 9.26. The summed E-state index contributed by atoms with van der Waals surface area (Å²) in [6.45, 7) is 2.75. The number of carbonyl (C=O) groups is 1. The summed E-state index contributed by atoms with van der Waals surface area (Å²) in [5.74, 6) is -0.334. The molecule has 1 heterocycles. The summed E-state index contributed by atoms with van der Waals surface area (Å²) in [6, 6.07) is 9.00. The average Bonchev–Trinajstić information content (AvgIpc) is 2.93. The second kappa shape index (κ2) is 6.04. The predicted molar refractivity (Wildman–Crippen MR) is 72.7 cm³/mol. The molecular weight excluding hydrogens is 242 g/mol. The molecule has 1 N–H and O–H groups in total. The SMILES string of the molecule is CCn1cncc1C(Nc1ccccc1)C(=O)OC. The maximum absolute atomic E-state index is 12.0. The lowest BCUT2D eigenvalue weighted by Crippen LogP contribution is -2.24. The summed E-state index contributed by atoms with van der Waals surface area (Å²) >= 11 is 0. The highest BCUT2D eigenvalue weighted by atomic mass is 16.5. The van der Waals surface area contributed by atoms with Crippen LogP contribution in [0.25, 0.3) is 0 Å². The minimum absolute atomic E-state index is 0.334. The largest absolute Gasteiger partial charge is 0.467 e. The van der Waals surface area contributed by atoms with Gasteiger partial charge < -0.3 is 14.6 Å². The summed E-state index contributed by atoms with van der Waals surface area (Å²) in [5.41, 5.74) is 1.65. The number of para-hydroxylation sites is 1. The number of rotatable bonds is 5. The van der Waals surface area contributed by atoms with Crippen LogP contribution in [0.1, 0.15) is 18.7 Å². The number of esters is 1. The van der Waals surface area contributed by atoms with Crippen molar-refractivity contribution in [3.05, 3.63) is 48.5 Å². The van der Waals surface area contributed by atoms with Gasteiger partial charge in [-0.25, -0.2) is 9.78 Å². The van der Waals surface area contributed by atoms with E-state index in [4.69, 9.17) is 4.74 Å². The monoisotopic (exact) mass is 259 g/mol. The van der Waals surface area contributed by atoms with Crippen LogP contribution in [0.3, 0.4) is 0 Å². The highest BCUT2D eigenvalue weighted by molar-refractivity contribution is 5.80. The van der Waals surface area contributed by atoms with Crippen LogP contribution in [-0.4, -0.2) is 22.6 Å². The Morgan fingerprint density at radius 3 is 2.79 bits per heavy atom. The Balaban J connectivity index is 2.29. The summed E-state index contributed by atoms with van der Waals surface area (Å²) in [5, 5.41) is 3.17. The van der Waals surface area contributed by atoms with E-state index in [1.165, 1.54) is 7.11 Å². The van der Waals surface area contributed by atoms with Crippen LogP contribution in [-0.2, 0) is 16.1 Å². The number of aromatic nitrogens is 2. The Kier molecular flexibility index (Phi) is 4.18. The van der Waals surface area contributed by atoms with Crippen molar-refractivity contribution < 1.29 is 9.53 Å². The highest BCUT2D eigenvalue weighted by Crippen LogP contribution is 2.20. The zero-order valence-corrected chi connectivity index (χ0v) is 11.0. The second-order valence-electron chi connectivity index (χ2n) is 4.07. The minimum atomic E-state index is -0.560. The molecule has 0 fully saturated rings. The van der Waals surface area contributed by atoms with Crippen molar-refractivity contribution in [3.8, 4) is 0 Å². The molecule has 0 saturated heterocycles. The van der Waals surface area contributed by atoms with Crippen molar-refractivity contribution in [2.24, 2.45) is 0 Å². The first kappa shape index (κ1) is 13.1. The van der Waals surface area contributed by atoms with E-state index in [1.807, 2.05) is 41.8 Å². The Morgan fingerprint density at radius 1 is 1.42 bits per heavy atom. The first-order valence-electron chi connectivity index (χ1n) is 6.15. The van der Waals surface area contributed by atoms with Crippen LogP contribution in [0.4, 0.5) is 5.69 Å². The molecule has 0 aliphatic heterocycles. The summed E-state index contributed by atoms with van der Waals surface area (Å²) < 4.78 is 6.78. The van der Waals surface area contributed by atoms with Gasteiger partial charge in [-0.2, -0.15) is 0 Å². The molecule has 2 aromatic rings. The smallest absolute Gasteiger partial charge is 0.334 e. The number of imidazole rings is 1. The van der Waals surface area contributed by atoms with Gasteiger partial charge in [0, 0.05) is 12.2 Å². The molecule has 100 valence electrons. The van der Waals surface area contributed by atoms with Gasteiger partial charge >= 0.3 is 5.97 Å². The van der Waals surface area contributed by atoms with E-state index in [2.05, 4.69) is 10.3 Å². The van der Waals surface area contributed by atoms with Crippen LogP contribution in [0, 0.1) is 0 Å². The van der Waals surface area contributed by atoms with Gasteiger partial charge in [0.25, 0.3) is 0 Å². The number of methoxy groups -OCH3 is 1. The zero-order valence-electron chi connectivity index (χ0n) is 11.0. The number of hydrogen-bond acceptors (Lipinski definition) is 4. The predicted octanol–water partition coefficient (Wildman–Crippen LogP) is 2.23. The highest BCUT2D eigenvalue weighted by Gasteiger charge is 2.24. The molecule has 0 aliphatic rings. The van der Waals surface area contributed by atoms with E-state index in [-0.39, 0.29) is 5.97 Å². The van der Waals surface area contributed by atoms with Gasteiger partial charge in [0.05, 0.1) is 25.3 Å². The fourth-order valence-electron chi connectivity index (χ4n) is 1.91. The average molecular weight is 259 g/mol. The molecule has 5 heteroatoms. The molecule has 5 nitrogen and oxygen atoms in total. The van der Waals surface area contributed by atoms with Gasteiger partial charge in [0.15, 0.2) is 6.04 Å². The number of anilines is 1. The zero-order chi connectivity index (χ0) is 13.7. The molecule has 19 heavy (non-hydrogen) atoms. The molecule has 1 atom stereocenters. The topological polar surface area (TPSA) is 56.2 Å². The van der Waals surface area contributed by atoms with E-state index >= 15 is 0 Å². The normalized spacial score (nSPS) is 11.9. The van der Waals surface area contributed by atoms with E-state index in [0.29, 0.717) is 0 Å². The third-order valence-corrected chi connectivity index (χ3v) is 2.90. The number of carbonyl (C=O) groups excluding carboxylic acids is 1. The summed E-state index contributed by atoms with van der Waals surface area (Å²) in [7, 11) is 1.38. The molecule has 0 saturated carbocycles. The van der Waals surface area contributed by atoms with Crippen LogP contribution in [0.2, 0.25) is 0 Å². The lowest BCUT2D eigenvalue weighted by molar-refractivity contribution is -0.141. The lowest BCUT2D eigenvalue weighted by atomic mass is 10.2. The Hall–Kier alpha value is -2.30. The maximum Gasteiger partial charge on any atom is 0.334 e. The van der Waals surface area contributed by atoms with Crippen molar-refractivity contribution in [1.29, 1.82) is 0 Å². The number of aryl methyl sites for hydroxylation is 1. The molecule has 2 rings (SSSR count). The van der Waals surface area contributed by atoms with E-state index in [1.54, 1.807) is 12.5 Å². The fraction of sp³-hybridized carbons (Fsp3) is 0.286. The number of nitrogens with one attached hydrogen (secondary N) is 1. The second-order valence-corrected chi connectivity index (χ2v) is 4.07. The van der Waals surface area contributed by atoms with Crippen LogP contribution in [0.5, 0.6) is 0 Å². The Morgan fingerprint density at radius 2 is 2.16 bits per heavy atom. The number of ether oxygens (including phenoxy) is 1. The minimum Gasteiger partial charge on any atom is -0.467 e. The third kappa shape index (κ3) is 2.93. The molecular formula is C14H17N3O2. The summed E-state index contributed by atoms with van der Waals surface area (Å²) in [6.07, 6.45) is 3.39.